The summed E-state index contributed by atoms with van der Waals surface area (Å²) in [5.41, 5.74) is 1.99. The van der Waals surface area contributed by atoms with Gasteiger partial charge in [-0.2, -0.15) is 0 Å². The molecule has 2 heterocycles. The van der Waals surface area contributed by atoms with E-state index in [0.29, 0.717) is 11.2 Å². The van der Waals surface area contributed by atoms with Crippen LogP contribution in [-0.2, 0) is 0 Å². The van der Waals surface area contributed by atoms with E-state index in [4.69, 9.17) is 0 Å². The van der Waals surface area contributed by atoms with Crippen LogP contribution in [0.5, 0.6) is 0 Å². The molecular formula is C6H5N4P. The Morgan fingerprint density at radius 3 is 2.82 bits per heavy atom. The van der Waals surface area contributed by atoms with Crippen molar-refractivity contribution in [3.8, 4) is 0 Å². The second-order valence-electron chi connectivity index (χ2n) is 1.99. The van der Waals surface area contributed by atoms with E-state index in [-0.39, 0.29) is 0 Å². The first-order chi connectivity index (χ1) is 5.36. The third-order valence-electron chi connectivity index (χ3n) is 1.25. The van der Waals surface area contributed by atoms with Crippen molar-refractivity contribution in [2.24, 2.45) is 0 Å². The molecule has 5 heteroatoms. The zero-order valence-corrected chi connectivity index (χ0v) is 6.75. The van der Waals surface area contributed by atoms with Crippen molar-refractivity contribution in [1.29, 1.82) is 0 Å². The van der Waals surface area contributed by atoms with Crippen molar-refractivity contribution in [2.75, 3.05) is 0 Å². The van der Waals surface area contributed by atoms with Crippen molar-refractivity contribution in [2.45, 2.75) is 0 Å². The third-order valence-corrected chi connectivity index (χ3v) is 1.52. The van der Waals surface area contributed by atoms with Gasteiger partial charge in [0.15, 0.2) is 5.65 Å². The van der Waals surface area contributed by atoms with Gasteiger partial charge in [0.2, 0.25) is 0 Å². The van der Waals surface area contributed by atoms with Gasteiger partial charge in [0, 0.05) is 12.4 Å². The molecule has 0 aliphatic rings. The van der Waals surface area contributed by atoms with E-state index in [2.05, 4.69) is 29.2 Å². The minimum absolute atomic E-state index is 0.632. The summed E-state index contributed by atoms with van der Waals surface area (Å²) in [6.45, 7) is 0. The highest BCUT2D eigenvalue weighted by Gasteiger charge is 1.95. The van der Waals surface area contributed by atoms with Gasteiger partial charge in [-0.3, -0.25) is 0 Å². The van der Waals surface area contributed by atoms with Crippen molar-refractivity contribution in [3.05, 3.63) is 18.6 Å². The molecule has 0 radical (unpaired) electrons. The minimum Gasteiger partial charge on any atom is -0.250 e. The van der Waals surface area contributed by atoms with Gasteiger partial charge in [-0.1, -0.05) is 9.24 Å². The normalized spacial score (nSPS) is 10.3. The van der Waals surface area contributed by atoms with Crippen LogP contribution in [0, 0.1) is 0 Å². The lowest BCUT2D eigenvalue weighted by molar-refractivity contribution is 1.19. The number of fused-ring (bicyclic) bond motifs is 1. The highest BCUT2D eigenvalue weighted by atomic mass is 31.0. The van der Waals surface area contributed by atoms with E-state index in [9.17, 15) is 0 Å². The summed E-state index contributed by atoms with van der Waals surface area (Å²) in [6.07, 6.45) is 4.88. The molecule has 2 aromatic heterocycles. The molecule has 1 atom stereocenters. The van der Waals surface area contributed by atoms with Gasteiger partial charge >= 0.3 is 0 Å². The Labute approximate surface area is 65.3 Å². The zero-order valence-electron chi connectivity index (χ0n) is 5.60. The number of rotatable bonds is 0. The Morgan fingerprint density at radius 2 is 1.91 bits per heavy atom. The standard InChI is InChI=1S/C6H5N4P/c11-6-9-3-4-5(10-6)8-2-1-7-4/h1-3H,11H2. The molecule has 1 unspecified atom stereocenters. The fourth-order valence-electron chi connectivity index (χ4n) is 0.783. The van der Waals surface area contributed by atoms with Gasteiger partial charge in [-0.15, -0.1) is 0 Å². The molecule has 0 N–H and O–H groups in total. The monoisotopic (exact) mass is 164 g/mol. The largest absolute Gasteiger partial charge is 0.250 e. The average Bonchev–Trinajstić information content (AvgIpc) is 2.04. The lowest BCUT2D eigenvalue weighted by atomic mass is 10.5. The average molecular weight is 164 g/mol. The molecule has 4 nitrogen and oxygen atoms in total. The third kappa shape index (κ3) is 1.17. The van der Waals surface area contributed by atoms with Crippen LogP contribution in [0.1, 0.15) is 0 Å². The molecule has 2 rings (SSSR count). The molecule has 0 saturated heterocycles. The second kappa shape index (κ2) is 2.47. The van der Waals surface area contributed by atoms with Gasteiger partial charge in [0.05, 0.1) is 6.20 Å². The molecule has 2 aromatic rings. The van der Waals surface area contributed by atoms with Gasteiger partial charge in [-0.25, -0.2) is 19.9 Å². The van der Waals surface area contributed by atoms with Gasteiger partial charge in [0.1, 0.15) is 11.1 Å². The molecule has 11 heavy (non-hydrogen) atoms. The molecule has 0 saturated carbocycles. The van der Waals surface area contributed by atoms with E-state index < -0.39 is 0 Å². The summed E-state index contributed by atoms with van der Waals surface area (Å²) in [5.74, 6) is 0. The molecule has 0 spiro atoms. The fourth-order valence-corrected chi connectivity index (χ4v) is 0.980. The van der Waals surface area contributed by atoms with Gasteiger partial charge < -0.3 is 0 Å². The van der Waals surface area contributed by atoms with E-state index >= 15 is 0 Å². The zero-order chi connectivity index (χ0) is 7.68. The molecule has 0 aliphatic carbocycles. The minimum atomic E-state index is 0.632. The van der Waals surface area contributed by atoms with Gasteiger partial charge in [0.25, 0.3) is 0 Å². The summed E-state index contributed by atoms with van der Waals surface area (Å²) >= 11 is 0. The Kier molecular flexibility index (Phi) is 1.47. The highest BCUT2D eigenvalue weighted by molar-refractivity contribution is 7.26. The van der Waals surface area contributed by atoms with Crippen LogP contribution in [0.2, 0.25) is 0 Å². The maximum atomic E-state index is 4.05. The molecule has 0 amide bonds. The summed E-state index contributed by atoms with van der Waals surface area (Å²) < 4.78 is 0. The van der Waals surface area contributed by atoms with E-state index in [0.717, 1.165) is 5.52 Å². The summed E-state index contributed by atoms with van der Waals surface area (Å²) in [6, 6.07) is 0. The smallest absolute Gasteiger partial charge is 0.181 e. The van der Waals surface area contributed by atoms with Crippen LogP contribution < -0.4 is 5.57 Å². The second-order valence-corrected chi connectivity index (χ2v) is 2.51. The van der Waals surface area contributed by atoms with Crippen LogP contribution in [0.3, 0.4) is 0 Å². The summed E-state index contributed by atoms with van der Waals surface area (Å²) in [5, 5.41) is 0. The van der Waals surface area contributed by atoms with Crippen LogP contribution in [0.4, 0.5) is 0 Å². The number of hydrogen-bond donors (Lipinski definition) is 0. The first kappa shape index (κ1) is 6.55. The lowest BCUT2D eigenvalue weighted by Crippen LogP contribution is -2.03. The lowest BCUT2D eigenvalue weighted by Gasteiger charge is -1.93. The maximum absolute atomic E-state index is 4.05. The van der Waals surface area contributed by atoms with Crippen molar-refractivity contribution >= 4 is 26.0 Å². The fraction of sp³-hybridized carbons (Fsp3) is 0. The molecule has 0 aliphatic heterocycles. The number of nitrogens with zero attached hydrogens (tertiary/aromatic N) is 4. The Morgan fingerprint density at radius 1 is 1.09 bits per heavy atom. The maximum Gasteiger partial charge on any atom is 0.181 e. The van der Waals surface area contributed by atoms with Crippen LogP contribution in [0.15, 0.2) is 18.6 Å². The first-order valence-corrected chi connectivity index (χ1v) is 3.63. The predicted octanol–water partition coefficient (Wildman–Crippen LogP) is -0.0798. The topological polar surface area (TPSA) is 51.6 Å². The molecule has 0 bridgehead atoms. The SMILES string of the molecule is Pc1ncc2nccnc2n1. The van der Waals surface area contributed by atoms with Crippen molar-refractivity contribution in [1.82, 2.24) is 19.9 Å². The van der Waals surface area contributed by atoms with Crippen molar-refractivity contribution < 1.29 is 0 Å². The molecular weight excluding hydrogens is 159 g/mol. The van der Waals surface area contributed by atoms with E-state index in [1.54, 1.807) is 18.6 Å². The number of hydrogen-bond acceptors (Lipinski definition) is 4. The Hall–Kier alpha value is -1.15. The van der Waals surface area contributed by atoms with Crippen LogP contribution in [0.25, 0.3) is 11.2 Å². The molecule has 54 valence electrons. The Bertz CT molecular complexity index is 389. The summed E-state index contributed by atoms with van der Waals surface area (Å²) in [4.78, 5) is 16.1. The predicted molar refractivity (Wildman–Crippen MR) is 44.5 cm³/mol. The molecule has 0 aromatic carbocycles. The highest BCUT2D eigenvalue weighted by Crippen LogP contribution is 1.99. The quantitative estimate of drug-likeness (QED) is 0.511. The molecule has 0 fully saturated rings. The van der Waals surface area contributed by atoms with E-state index in [1.807, 2.05) is 0 Å². The van der Waals surface area contributed by atoms with Crippen LogP contribution in [-0.4, -0.2) is 19.9 Å². The van der Waals surface area contributed by atoms with Gasteiger partial charge in [-0.05, 0) is 0 Å². The Balaban J connectivity index is 2.83. The van der Waals surface area contributed by atoms with Crippen molar-refractivity contribution in [3.63, 3.8) is 0 Å². The first-order valence-electron chi connectivity index (χ1n) is 3.05. The van der Waals surface area contributed by atoms with E-state index in [1.165, 1.54) is 0 Å². The summed E-state index contributed by atoms with van der Waals surface area (Å²) in [7, 11) is 2.41. The van der Waals surface area contributed by atoms with Crippen LogP contribution >= 0.6 is 9.24 Å². The number of aromatic nitrogens is 4.